The number of carbonyl (C=O) groups excluding carboxylic acids is 1. The molecule has 0 saturated carbocycles. The van der Waals surface area contributed by atoms with Crippen molar-refractivity contribution in [1.29, 1.82) is 0 Å². The number of carbonyl (C=O) groups is 1. The lowest BCUT2D eigenvalue weighted by atomic mass is 10.1. The van der Waals surface area contributed by atoms with E-state index < -0.39 is 11.7 Å². The lowest BCUT2D eigenvalue weighted by Crippen LogP contribution is -2.35. The minimum Gasteiger partial charge on any atom is -0.444 e. The second kappa shape index (κ2) is 7.24. The molecule has 0 radical (unpaired) electrons. The lowest BCUT2D eigenvalue weighted by Gasteiger charge is -2.19. The van der Waals surface area contributed by atoms with Crippen molar-refractivity contribution in [2.75, 3.05) is 18.4 Å². The molecule has 0 unspecified atom stereocenters. The molecule has 1 aromatic rings. The van der Waals surface area contributed by atoms with Crippen LogP contribution in [0.25, 0.3) is 0 Å². The first-order valence-corrected chi connectivity index (χ1v) is 7.23. The van der Waals surface area contributed by atoms with Gasteiger partial charge in [0, 0.05) is 24.5 Å². The molecule has 2 N–H and O–H groups in total. The van der Waals surface area contributed by atoms with Gasteiger partial charge < -0.3 is 15.4 Å². The molecule has 0 aliphatic heterocycles. The van der Waals surface area contributed by atoms with Gasteiger partial charge in [0.2, 0.25) is 5.95 Å². The molecule has 1 rings (SSSR count). The summed E-state index contributed by atoms with van der Waals surface area (Å²) in [5.41, 5.74) is 1.45. The topological polar surface area (TPSA) is 76.1 Å². The second-order valence-corrected chi connectivity index (χ2v) is 6.27. The zero-order valence-electron chi connectivity index (χ0n) is 13.8. The molecule has 118 valence electrons. The van der Waals surface area contributed by atoms with E-state index in [1.54, 1.807) is 0 Å². The van der Waals surface area contributed by atoms with E-state index in [2.05, 4.69) is 34.4 Å². The van der Waals surface area contributed by atoms with Crippen LogP contribution in [-0.2, 0) is 4.74 Å². The maximum atomic E-state index is 11.5. The van der Waals surface area contributed by atoms with E-state index in [-0.39, 0.29) is 0 Å². The molecule has 0 aromatic carbocycles. The van der Waals surface area contributed by atoms with Crippen LogP contribution < -0.4 is 10.6 Å². The smallest absolute Gasteiger partial charge is 0.407 e. The lowest BCUT2D eigenvalue weighted by molar-refractivity contribution is 0.0530. The molecule has 6 heteroatoms. The summed E-state index contributed by atoms with van der Waals surface area (Å²) in [4.78, 5) is 20.2. The molecule has 0 fully saturated rings. The van der Waals surface area contributed by atoms with Crippen molar-refractivity contribution >= 4 is 12.0 Å². The zero-order chi connectivity index (χ0) is 16.0. The van der Waals surface area contributed by atoms with Crippen molar-refractivity contribution in [2.45, 2.75) is 53.1 Å². The van der Waals surface area contributed by atoms with Gasteiger partial charge >= 0.3 is 6.09 Å². The first-order valence-electron chi connectivity index (χ1n) is 7.23. The summed E-state index contributed by atoms with van der Waals surface area (Å²) in [6.07, 6.45) is -0.419. The highest BCUT2D eigenvalue weighted by atomic mass is 16.6. The zero-order valence-corrected chi connectivity index (χ0v) is 13.8. The average molecular weight is 294 g/mol. The minimum atomic E-state index is -0.483. The fraction of sp³-hybridized carbons (Fsp3) is 0.667. The highest BCUT2D eigenvalue weighted by Gasteiger charge is 2.15. The quantitative estimate of drug-likeness (QED) is 0.817. The van der Waals surface area contributed by atoms with E-state index >= 15 is 0 Å². The first-order chi connectivity index (χ1) is 9.67. The third kappa shape index (κ3) is 6.92. The van der Waals surface area contributed by atoms with Crippen LogP contribution in [0.15, 0.2) is 6.07 Å². The summed E-state index contributed by atoms with van der Waals surface area (Å²) in [6, 6.07) is 1.98. The predicted molar refractivity (Wildman–Crippen MR) is 83.6 cm³/mol. The van der Waals surface area contributed by atoms with E-state index in [1.165, 1.54) is 0 Å². The number of aromatic nitrogens is 2. The molecule has 0 aliphatic rings. The van der Waals surface area contributed by atoms with Crippen LogP contribution >= 0.6 is 0 Å². The number of nitrogens with zero attached hydrogens (tertiary/aromatic N) is 2. The third-order valence-corrected chi connectivity index (χ3v) is 2.54. The van der Waals surface area contributed by atoms with Crippen molar-refractivity contribution in [3.8, 4) is 0 Å². The Morgan fingerprint density at radius 2 is 1.95 bits per heavy atom. The SMILES string of the molecule is Cc1cc(C(C)C)nc(NCCNC(=O)OC(C)(C)C)n1. The van der Waals surface area contributed by atoms with Gasteiger partial charge in [0.1, 0.15) is 5.60 Å². The van der Waals surface area contributed by atoms with Crippen molar-refractivity contribution < 1.29 is 9.53 Å². The van der Waals surface area contributed by atoms with Crippen LogP contribution in [0.5, 0.6) is 0 Å². The van der Waals surface area contributed by atoms with Crippen LogP contribution in [-0.4, -0.2) is 34.8 Å². The monoisotopic (exact) mass is 294 g/mol. The van der Waals surface area contributed by atoms with Gasteiger partial charge in [0.05, 0.1) is 0 Å². The van der Waals surface area contributed by atoms with Gasteiger partial charge in [-0.15, -0.1) is 0 Å². The number of hydrogen-bond acceptors (Lipinski definition) is 5. The molecule has 0 saturated heterocycles. The Hall–Kier alpha value is -1.85. The van der Waals surface area contributed by atoms with E-state index in [4.69, 9.17) is 4.74 Å². The summed E-state index contributed by atoms with van der Waals surface area (Å²) >= 11 is 0. The summed E-state index contributed by atoms with van der Waals surface area (Å²) in [5, 5.41) is 5.79. The molecule has 0 aliphatic carbocycles. The number of rotatable bonds is 5. The molecule has 1 amide bonds. The normalized spacial score (nSPS) is 11.4. The van der Waals surface area contributed by atoms with Crippen LogP contribution in [0.3, 0.4) is 0 Å². The number of amides is 1. The number of nitrogens with one attached hydrogen (secondary N) is 2. The Balaban J connectivity index is 2.41. The van der Waals surface area contributed by atoms with E-state index in [1.807, 2.05) is 33.8 Å². The fourth-order valence-corrected chi connectivity index (χ4v) is 1.62. The summed E-state index contributed by atoms with van der Waals surface area (Å²) < 4.78 is 5.15. The fourth-order valence-electron chi connectivity index (χ4n) is 1.62. The molecule has 6 nitrogen and oxygen atoms in total. The van der Waals surface area contributed by atoms with Crippen LogP contribution in [0.4, 0.5) is 10.7 Å². The number of anilines is 1. The number of ether oxygens (including phenoxy) is 1. The van der Waals surface area contributed by atoms with Gasteiger partial charge in [-0.3, -0.25) is 0 Å². The van der Waals surface area contributed by atoms with Gasteiger partial charge in [-0.2, -0.15) is 0 Å². The Kier molecular flexibility index (Phi) is 5.93. The second-order valence-electron chi connectivity index (χ2n) is 6.27. The summed E-state index contributed by atoms with van der Waals surface area (Å²) in [5.74, 6) is 0.942. The van der Waals surface area contributed by atoms with Crippen LogP contribution in [0, 0.1) is 6.92 Å². The third-order valence-electron chi connectivity index (χ3n) is 2.54. The Morgan fingerprint density at radius 1 is 1.29 bits per heavy atom. The molecular formula is C15H26N4O2. The molecule has 1 heterocycles. The largest absolute Gasteiger partial charge is 0.444 e. The molecule has 1 aromatic heterocycles. The van der Waals surface area contributed by atoms with Crippen LogP contribution in [0.1, 0.15) is 51.9 Å². The van der Waals surface area contributed by atoms with E-state index in [9.17, 15) is 4.79 Å². The number of alkyl carbamates (subject to hydrolysis) is 1. The highest BCUT2D eigenvalue weighted by Crippen LogP contribution is 2.14. The Morgan fingerprint density at radius 3 is 2.52 bits per heavy atom. The maximum absolute atomic E-state index is 11.5. The van der Waals surface area contributed by atoms with Gasteiger partial charge in [-0.25, -0.2) is 14.8 Å². The van der Waals surface area contributed by atoms with Crippen molar-refractivity contribution in [1.82, 2.24) is 15.3 Å². The molecule has 0 atom stereocenters. The number of hydrogen-bond donors (Lipinski definition) is 2. The number of aryl methyl sites for hydroxylation is 1. The summed E-state index contributed by atoms with van der Waals surface area (Å²) in [7, 11) is 0. The van der Waals surface area contributed by atoms with Gasteiger partial charge in [0.15, 0.2) is 0 Å². The van der Waals surface area contributed by atoms with E-state index in [0.717, 1.165) is 11.4 Å². The molecule has 21 heavy (non-hydrogen) atoms. The molecular weight excluding hydrogens is 268 g/mol. The Labute approximate surface area is 126 Å². The van der Waals surface area contributed by atoms with Crippen molar-refractivity contribution in [3.05, 3.63) is 17.5 Å². The van der Waals surface area contributed by atoms with Crippen molar-refractivity contribution in [3.63, 3.8) is 0 Å². The van der Waals surface area contributed by atoms with Gasteiger partial charge in [-0.05, 0) is 39.7 Å². The minimum absolute atomic E-state index is 0.354. The maximum Gasteiger partial charge on any atom is 0.407 e. The van der Waals surface area contributed by atoms with Crippen LogP contribution in [0.2, 0.25) is 0 Å². The average Bonchev–Trinajstić information content (AvgIpc) is 2.31. The van der Waals surface area contributed by atoms with E-state index in [0.29, 0.717) is 25.0 Å². The predicted octanol–water partition coefficient (Wildman–Crippen LogP) is 2.85. The van der Waals surface area contributed by atoms with Crippen molar-refractivity contribution in [2.24, 2.45) is 0 Å². The van der Waals surface area contributed by atoms with Gasteiger partial charge in [-0.1, -0.05) is 13.8 Å². The standard InChI is InChI=1S/C15H26N4O2/c1-10(2)12-9-11(3)18-13(19-12)16-7-8-17-14(20)21-15(4,5)6/h9-10H,7-8H2,1-6H3,(H,17,20)(H,16,18,19). The van der Waals surface area contributed by atoms with Gasteiger partial charge in [0.25, 0.3) is 0 Å². The Bertz CT molecular complexity index is 481. The molecule has 0 spiro atoms. The summed E-state index contributed by atoms with van der Waals surface area (Å²) in [6.45, 7) is 12.6. The highest BCUT2D eigenvalue weighted by molar-refractivity contribution is 5.67. The molecule has 0 bridgehead atoms. The first kappa shape index (κ1) is 17.2.